The molecule has 208 valence electrons. The summed E-state index contributed by atoms with van der Waals surface area (Å²) in [6.07, 6.45) is 1.05. The molecule has 0 unspecified atom stereocenters. The van der Waals surface area contributed by atoms with Crippen molar-refractivity contribution < 1.29 is 22.4 Å². The van der Waals surface area contributed by atoms with Gasteiger partial charge in [-0.15, -0.1) is 0 Å². The van der Waals surface area contributed by atoms with Crippen LogP contribution < -0.4 is 9.62 Å². The standard InChI is InChI=1S/C28H30Cl2FN3O4S/c1-19(2)32-28(36)26(16-20-9-5-4-6-10-20)33(17-21-13-14-22(29)23(30)15-21)27(35)18-34(39(3,37)38)25-12-8-7-11-24(25)31/h4-15,19,26H,16-18H2,1-3H3,(H,32,36)/t26-/m1/s1. The number of sulfonamides is 1. The fraction of sp³-hybridized carbons (Fsp3) is 0.286. The number of carbonyl (C=O) groups is 2. The third-order valence-electron chi connectivity index (χ3n) is 5.84. The number of para-hydroxylation sites is 1. The van der Waals surface area contributed by atoms with E-state index in [1.807, 2.05) is 30.3 Å². The molecule has 3 aromatic carbocycles. The van der Waals surface area contributed by atoms with Crippen molar-refractivity contribution in [3.8, 4) is 0 Å². The van der Waals surface area contributed by atoms with Crippen LogP contribution in [0, 0.1) is 5.82 Å². The van der Waals surface area contributed by atoms with Crippen molar-refractivity contribution in [3.63, 3.8) is 0 Å². The quantitative estimate of drug-likeness (QED) is 0.336. The molecule has 0 spiro atoms. The summed E-state index contributed by atoms with van der Waals surface area (Å²) >= 11 is 12.3. The third kappa shape index (κ3) is 8.42. The van der Waals surface area contributed by atoms with E-state index in [4.69, 9.17) is 23.2 Å². The van der Waals surface area contributed by atoms with E-state index in [9.17, 15) is 22.4 Å². The van der Waals surface area contributed by atoms with Gasteiger partial charge in [0.1, 0.15) is 18.4 Å². The van der Waals surface area contributed by atoms with Crippen LogP contribution in [0.25, 0.3) is 0 Å². The Bertz CT molecular complexity index is 1420. The van der Waals surface area contributed by atoms with E-state index in [2.05, 4.69) is 5.32 Å². The van der Waals surface area contributed by atoms with E-state index in [0.717, 1.165) is 17.9 Å². The molecule has 2 amide bonds. The van der Waals surface area contributed by atoms with Crippen LogP contribution in [0.2, 0.25) is 10.0 Å². The average Bonchev–Trinajstić information content (AvgIpc) is 2.86. The second kappa shape index (κ2) is 13.3. The number of halogens is 3. The van der Waals surface area contributed by atoms with E-state index in [0.29, 0.717) is 14.9 Å². The number of rotatable bonds is 11. The molecule has 7 nitrogen and oxygen atoms in total. The van der Waals surface area contributed by atoms with E-state index in [-0.39, 0.29) is 29.7 Å². The maximum atomic E-state index is 14.6. The Balaban J connectivity index is 2.08. The first kappa shape index (κ1) is 30.4. The molecule has 39 heavy (non-hydrogen) atoms. The summed E-state index contributed by atoms with van der Waals surface area (Å²) in [5, 5.41) is 3.44. The van der Waals surface area contributed by atoms with Crippen LogP contribution in [-0.2, 0) is 32.6 Å². The van der Waals surface area contributed by atoms with Gasteiger partial charge in [-0.2, -0.15) is 0 Å². The summed E-state index contributed by atoms with van der Waals surface area (Å²) in [5.74, 6) is -1.92. The smallest absolute Gasteiger partial charge is 0.244 e. The van der Waals surface area contributed by atoms with Crippen molar-refractivity contribution in [2.45, 2.75) is 38.9 Å². The minimum atomic E-state index is -4.07. The zero-order valence-corrected chi connectivity index (χ0v) is 24.1. The molecule has 0 aliphatic rings. The molecule has 0 heterocycles. The highest BCUT2D eigenvalue weighted by molar-refractivity contribution is 7.92. The van der Waals surface area contributed by atoms with E-state index < -0.39 is 40.2 Å². The van der Waals surface area contributed by atoms with Gasteiger partial charge in [0.25, 0.3) is 0 Å². The summed E-state index contributed by atoms with van der Waals surface area (Å²) < 4.78 is 40.7. The Labute approximate surface area is 238 Å². The molecule has 3 rings (SSSR count). The number of nitrogens with one attached hydrogen (secondary N) is 1. The molecule has 0 fully saturated rings. The summed E-state index contributed by atoms with van der Waals surface area (Å²) in [6, 6.07) is 18.0. The number of hydrogen-bond acceptors (Lipinski definition) is 4. The van der Waals surface area contributed by atoms with Gasteiger partial charge in [-0.1, -0.05) is 71.7 Å². The highest BCUT2D eigenvalue weighted by atomic mass is 35.5. The molecule has 1 atom stereocenters. The summed E-state index contributed by atoms with van der Waals surface area (Å²) in [4.78, 5) is 28.7. The van der Waals surface area contributed by atoms with E-state index in [1.165, 1.54) is 23.1 Å². The zero-order chi connectivity index (χ0) is 28.7. The summed E-state index contributed by atoms with van der Waals surface area (Å²) in [5.41, 5.74) is 1.10. The zero-order valence-electron chi connectivity index (χ0n) is 21.8. The van der Waals surface area contributed by atoms with Crippen molar-refractivity contribution in [2.75, 3.05) is 17.1 Å². The second-order valence-electron chi connectivity index (χ2n) is 9.36. The first-order valence-corrected chi connectivity index (χ1v) is 14.8. The normalized spacial score (nSPS) is 12.2. The Morgan fingerprint density at radius 3 is 2.15 bits per heavy atom. The van der Waals surface area contributed by atoms with Gasteiger partial charge in [0.15, 0.2) is 0 Å². The highest BCUT2D eigenvalue weighted by Gasteiger charge is 2.33. The van der Waals surface area contributed by atoms with Crippen molar-refractivity contribution in [3.05, 3.63) is 99.8 Å². The molecule has 0 saturated heterocycles. The van der Waals surface area contributed by atoms with Gasteiger partial charge >= 0.3 is 0 Å². The van der Waals surface area contributed by atoms with Crippen LogP contribution >= 0.6 is 23.2 Å². The lowest BCUT2D eigenvalue weighted by Gasteiger charge is -2.34. The minimum Gasteiger partial charge on any atom is -0.352 e. The molecule has 3 aromatic rings. The van der Waals surface area contributed by atoms with E-state index in [1.54, 1.807) is 32.0 Å². The van der Waals surface area contributed by atoms with Crippen LogP contribution in [0.4, 0.5) is 10.1 Å². The van der Waals surface area contributed by atoms with E-state index >= 15 is 0 Å². The molecule has 0 bridgehead atoms. The number of amides is 2. The number of hydrogen-bond donors (Lipinski definition) is 1. The lowest BCUT2D eigenvalue weighted by molar-refractivity contribution is -0.140. The predicted molar refractivity (Wildman–Crippen MR) is 153 cm³/mol. The van der Waals surface area contributed by atoms with Crippen LogP contribution in [0.5, 0.6) is 0 Å². The van der Waals surface area contributed by atoms with Gasteiger partial charge in [0.2, 0.25) is 21.8 Å². The molecule has 0 aliphatic heterocycles. The first-order chi connectivity index (χ1) is 18.4. The van der Waals surface area contributed by atoms with Crippen LogP contribution in [0.3, 0.4) is 0 Å². The van der Waals surface area contributed by atoms with Crippen LogP contribution in [0.1, 0.15) is 25.0 Å². The van der Waals surface area contributed by atoms with Gasteiger partial charge in [-0.3, -0.25) is 13.9 Å². The number of carbonyl (C=O) groups excluding carboxylic acids is 2. The van der Waals surface area contributed by atoms with Crippen molar-refractivity contribution >= 4 is 50.7 Å². The molecule has 0 radical (unpaired) electrons. The Morgan fingerprint density at radius 2 is 1.56 bits per heavy atom. The molecular weight excluding hydrogens is 564 g/mol. The monoisotopic (exact) mass is 593 g/mol. The highest BCUT2D eigenvalue weighted by Crippen LogP contribution is 2.26. The van der Waals surface area contributed by atoms with Gasteiger partial charge in [-0.05, 0) is 49.2 Å². The summed E-state index contributed by atoms with van der Waals surface area (Å²) in [7, 11) is -4.07. The molecular formula is C28H30Cl2FN3O4S. The lowest BCUT2D eigenvalue weighted by Crippen LogP contribution is -2.54. The Kier molecular flexibility index (Phi) is 10.4. The fourth-order valence-electron chi connectivity index (χ4n) is 4.02. The average molecular weight is 595 g/mol. The maximum absolute atomic E-state index is 14.6. The largest absolute Gasteiger partial charge is 0.352 e. The topological polar surface area (TPSA) is 86.8 Å². The SMILES string of the molecule is CC(C)NC(=O)[C@@H](Cc1ccccc1)N(Cc1ccc(Cl)c(Cl)c1)C(=O)CN(c1ccccc1F)S(C)(=O)=O. The molecule has 11 heteroatoms. The fourth-order valence-corrected chi connectivity index (χ4v) is 5.19. The first-order valence-electron chi connectivity index (χ1n) is 12.2. The van der Waals surface area contributed by atoms with Gasteiger partial charge in [0.05, 0.1) is 22.0 Å². The number of benzene rings is 3. The lowest BCUT2D eigenvalue weighted by atomic mass is 10.0. The second-order valence-corrected chi connectivity index (χ2v) is 12.1. The summed E-state index contributed by atoms with van der Waals surface area (Å²) in [6.45, 7) is 2.80. The van der Waals surface area contributed by atoms with Crippen molar-refractivity contribution in [2.24, 2.45) is 0 Å². The van der Waals surface area contributed by atoms with Gasteiger partial charge < -0.3 is 10.2 Å². The predicted octanol–water partition coefficient (Wildman–Crippen LogP) is 5.06. The van der Waals surface area contributed by atoms with Gasteiger partial charge in [0, 0.05) is 19.0 Å². The minimum absolute atomic E-state index is 0.0758. The molecule has 0 saturated carbocycles. The number of nitrogens with zero attached hydrogens (tertiary/aromatic N) is 2. The maximum Gasteiger partial charge on any atom is 0.244 e. The molecule has 0 aliphatic carbocycles. The van der Waals surface area contributed by atoms with Crippen molar-refractivity contribution in [1.82, 2.24) is 10.2 Å². The Hall–Kier alpha value is -3.14. The van der Waals surface area contributed by atoms with Crippen LogP contribution in [0.15, 0.2) is 72.8 Å². The van der Waals surface area contributed by atoms with Crippen molar-refractivity contribution in [1.29, 1.82) is 0 Å². The molecule has 1 N–H and O–H groups in total. The number of anilines is 1. The van der Waals surface area contributed by atoms with Crippen LogP contribution in [-0.4, -0.2) is 50.0 Å². The Morgan fingerprint density at radius 1 is 0.923 bits per heavy atom. The molecule has 0 aromatic heterocycles. The third-order valence-corrected chi connectivity index (χ3v) is 7.70. The van der Waals surface area contributed by atoms with Gasteiger partial charge in [-0.25, -0.2) is 12.8 Å².